The number of hydrogen-bond donors (Lipinski definition) is 1. The molecule has 0 heterocycles. The van der Waals surface area contributed by atoms with Crippen molar-refractivity contribution in [2.45, 2.75) is 64.7 Å². The number of unbranched alkanes of at least 4 members (excludes halogenated alkanes) is 8. The summed E-state index contributed by atoms with van der Waals surface area (Å²) in [6, 6.07) is 0. The van der Waals surface area contributed by atoms with Crippen LogP contribution < -0.4 is 0 Å². The molecule has 3 heteroatoms. The Morgan fingerprint density at radius 2 is 1.59 bits per heavy atom. The largest absolute Gasteiger partial charge is 0.475 e. The van der Waals surface area contributed by atoms with Crippen LogP contribution in [0.2, 0.25) is 0 Å². The van der Waals surface area contributed by atoms with Crippen LogP contribution in [0.25, 0.3) is 0 Å². The first-order valence-electron chi connectivity index (χ1n) is 6.78. The molecule has 0 spiro atoms. The molecular formula is C14H26OS2. The molecule has 0 aromatic rings. The summed E-state index contributed by atoms with van der Waals surface area (Å²) in [4.78, 5) is 0. The summed E-state index contributed by atoms with van der Waals surface area (Å²) in [6.07, 6.45) is 16.3. The van der Waals surface area contributed by atoms with Crippen LogP contribution in [-0.2, 0) is 4.74 Å². The Labute approximate surface area is 117 Å². The van der Waals surface area contributed by atoms with Crippen LogP contribution in [-0.4, -0.2) is 11.0 Å². The zero-order chi connectivity index (χ0) is 12.8. The summed E-state index contributed by atoms with van der Waals surface area (Å²) in [5, 5.41) is 0. The molecule has 0 atom stereocenters. The average molecular weight is 274 g/mol. The van der Waals surface area contributed by atoms with Crippen LogP contribution in [0.4, 0.5) is 0 Å². The lowest BCUT2D eigenvalue weighted by atomic mass is 10.1. The maximum absolute atomic E-state index is 5.03. The first-order valence-corrected chi connectivity index (χ1v) is 7.63. The van der Waals surface area contributed by atoms with E-state index in [2.05, 4.69) is 37.8 Å². The van der Waals surface area contributed by atoms with Gasteiger partial charge in [-0.1, -0.05) is 76.7 Å². The number of thiocarbonyl (C=S) groups is 1. The summed E-state index contributed by atoms with van der Waals surface area (Å²) in [7, 11) is 0. The Balaban J connectivity index is 3.05. The predicted molar refractivity (Wildman–Crippen MR) is 83.9 cm³/mol. The monoisotopic (exact) mass is 274 g/mol. The van der Waals surface area contributed by atoms with Crippen LogP contribution in [0.5, 0.6) is 0 Å². The molecule has 17 heavy (non-hydrogen) atoms. The Bertz CT molecular complexity index is 202. The van der Waals surface area contributed by atoms with Crippen molar-refractivity contribution in [2.75, 3.05) is 6.61 Å². The number of thiol groups is 1. The number of allylic oxidation sites excluding steroid dienone is 1. The van der Waals surface area contributed by atoms with Crippen LogP contribution in [0.1, 0.15) is 64.7 Å². The maximum atomic E-state index is 5.03. The molecular weight excluding hydrogens is 248 g/mol. The fourth-order valence-electron chi connectivity index (χ4n) is 1.70. The van der Waals surface area contributed by atoms with Gasteiger partial charge in [-0.2, -0.15) is 0 Å². The molecule has 0 aliphatic carbocycles. The smallest absolute Gasteiger partial charge is 0.217 e. The van der Waals surface area contributed by atoms with E-state index in [4.69, 9.17) is 4.74 Å². The second-order valence-electron chi connectivity index (χ2n) is 4.31. The van der Waals surface area contributed by atoms with Crippen molar-refractivity contribution in [3.05, 3.63) is 12.2 Å². The minimum atomic E-state index is 0.321. The first-order chi connectivity index (χ1) is 8.27. The second-order valence-corrected chi connectivity index (χ2v) is 5.39. The van der Waals surface area contributed by atoms with Crippen molar-refractivity contribution in [3.63, 3.8) is 0 Å². The van der Waals surface area contributed by atoms with Crippen molar-refractivity contribution >= 4 is 29.2 Å². The van der Waals surface area contributed by atoms with E-state index in [1.165, 1.54) is 51.4 Å². The van der Waals surface area contributed by atoms with Crippen molar-refractivity contribution in [3.8, 4) is 0 Å². The number of ether oxygens (including phenoxy) is 1. The third-order valence-electron chi connectivity index (χ3n) is 2.69. The minimum absolute atomic E-state index is 0.321. The highest BCUT2D eigenvalue weighted by Gasteiger charge is 1.90. The molecule has 0 saturated heterocycles. The van der Waals surface area contributed by atoms with Crippen LogP contribution in [0, 0.1) is 0 Å². The molecule has 0 N–H and O–H groups in total. The zero-order valence-corrected chi connectivity index (χ0v) is 12.7. The van der Waals surface area contributed by atoms with Crippen molar-refractivity contribution in [1.82, 2.24) is 0 Å². The van der Waals surface area contributed by atoms with E-state index in [1.54, 1.807) is 0 Å². The van der Waals surface area contributed by atoms with Gasteiger partial charge >= 0.3 is 0 Å². The van der Waals surface area contributed by atoms with E-state index in [1.807, 2.05) is 6.08 Å². The van der Waals surface area contributed by atoms with Crippen molar-refractivity contribution in [2.24, 2.45) is 0 Å². The number of hydrogen-bond acceptors (Lipinski definition) is 2. The van der Waals surface area contributed by atoms with Gasteiger partial charge in [-0.25, -0.2) is 0 Å². The molecule has 100 valence electrons. The molecule has 0 rings (SSSR count). The standard InChI is InChI=1S/C14H26OS2/c1-2-3-4-5-6-7-8-9-10-11-12-13-15-14(16)17/h11-12H,2-10,13H2,1H3,(H,16,17)/b12-11+. The highest BCUT2D eigenvalue weighted by Crippen LogP contribution is 2.09. The maximum Gasteiger partial charge on any atom is 0.217 e. The Hall–Kier alpha value is -0.0200. The van der Waals surface area contributed by atoms with Gasteiger partial charge in [0.1, 0.15) is 6.61 Å². The molecule has 0 fully saturated rings. The van der Waals surface area contributed by atoms with Gasteiger partial charge in [-0.3, -0.25) is 0 Å². The van der Waals surface area contributed by atoms with Crippen LogP contribution >= 0.6 is 24.8 Å². The van der Waals surface area contributed by atoms with E-state index in [0.29, 0.717) is 11.0 Å². The van der Waals surface area contributed by atoms with Gasteiger partial charge in [-0.15, -0.1) is 0 Å². The molecule has 0 aliphatic rings. The van der Waals surface area contributed by atoms with Gasteiger partial charge in [0.15, 0.2) is 0 Å². The first kappa shape index (κ1) is 17.0. The molecule has 0 amide bonds. The van der Waals surface area contributed by atoms with E-state index in [-0.39, 0.29) is 0 Å². The minimum Gasteiger partial charge on any atom is -0.475 e. The molecule has 0 unspecified atom stereocenters. The molecule has 0 aromatic carbocycles. The lowest BCUT2D eigenvalue weighted by Crippen LogP contribution is -1.91. The zero-order valence-electron chi connectivity index (χ0n) is 11.0. The topological polar surface area (TPSA) is 9.23 Å². The predicted octanol–water partition coefficient (Wildman–Crippen LogP) is 5.30. The SMILES string of the molecule is CCCCCCCCCC/C=C/COC(=S)S. The highest BCUT2D eigenvalue weighted by atomic mass is 32.1. The molecule has 0 bridgehead atoms. The van der Waals surface area contributed by atoms with E-state index < -0.39 is 0 Å². The van der Waals surface area contributed by atoms with Gasteiger partial charge in [-0.05, 0) is 25.1 Å². The van der Waals surface area contributed by atoms with Gasteiger partial charge in [0.05, 0.1) is 0 Å². The molecule has 0 aromatic heterocycles. The van der Waals surface area contributed by atoms with Gasteiger partial charge in [0.25, 0.3) is 0 Å². The molecule has 0 radical (unpaired) electrons. The summed E-state index contributed by atoms with van der Waals surface area (Å²) in [5.41, 5.74) is 0. The summed E-state index contributed by atoms with van der Waals surface area (Å²) < 4.78 is 5.35. The van der Waals surface area contributed by atoms with Crippen molar-refractivity contribution < 1.29 is 4.74 Å². The quantitative estimate of drug-likeness (QED) is 0.237. The lowest BCUT2D eigenvalue weighted by molar-refractivity contribution is 0.370. The Kier molecular flexibility index (Phi) is 14.0. The average Bonchev–Trinajstić information content (AvgIpc) is 2.30. The van der Waals surface area contributed by atoms with Crippen LogP contribution in [0.15, 0.2) is 12.2 Å². The normalized spacial score (nSPS) is 10.9. The fourth-order valence-corrected chi connectivity index (χ4v) is 1.84. The second kappa shape index (κ2) is 14.0. The van der Waals surface area contributed by atoms with E-state index >= 15 is 0 Å². The van der Waals surface area contributed by atoms with E-state index in [9.17, 15) is 0 Å². The third-order valence-corrected chi connectivity index (χ3v) is 2.94. The summed E-state index contributed by atoms with van der Waals surface area (Å²) in [5.74, 6) is 0. The fraction of sp³-hybridized carbons (Fsp3) is 0.786. The van der Waals surface area contributed by atoms with Crippen LogP contribution in [0.3, 0.4) is 0 Å². The lowest BCUT2D eigenvalue weighted by Gasteiger charge is -2.00. The Morgan fingerprint density at radius 3 is 2.18 bits per heavy atom. The Morgan fingerprint density at radius 1 is 1.00 bits per heavy atom. The molecule has 1 nitrogen and oxygen atoms in total. The summed E-state index contributed by atoms with van der Waals surface area (Å²) >= 11 is 8.56. The van der Waals surface area contributed by atoms with Gasteiger partial charge in [0, 0.05) is 0 Å². The number of rotatable bonds is 11. The van der Waals surface area contributed by atoms with Crippen molar-refractivity contribution in [1.29, 1.82) is 0 Å². The van der Waals surface area contributed by atoms with Gasteiger partial charge in [0.2, 0.25) is 4.38 Å². The molecule has 0 aliphatic heterocycles. The van der Waals surface area contributed by atoms with Gasteiger partial charge < -0.3 is 4.74 Å². The highest BCUT2D eigenvalue weighted by molar-refractivity contribution is 8.10. The summed E-state index contributed by atoms with van der Waals surface area (Å²) in [6.45, 7) is 2.82. The third kappa shape index (κ3) is 16.0. The van der Waals surface area contributed by atoms with E-state index in [0.717, 1.165) is 6.42 Å². The molecule has 0 saturated carbocycles.